The Balaban J connectivity index is 1.50. The van der Waals surface area contributed by atoms with Crippen molar-refractivity contribution in [1.82, 2.24) is 30.0 Å². The van der Waals surface area contributed by atoms with E-state index in [9.17, 15) is 18.4 Å². The Bertz CT molecular complexity index is 1570. The average molecular weight is 493 g/mol. The summed E-state index contributed by atoms with van der Waals surface area (Å²) in [5, 5.41) is 10.0. The van der Waals surface area contributed by atoms with E-state index < -0.39 is 29.2 Å². The number of anilines is 1. The number of ether oxygens (including phenoxy) is 2. The summed E-state index contributed by atoms with van der Waals surface area (Å²) in [5.74, 6) is -1.32. The van der Waals surface area contributed by atoms with Crippen molar-refractivity contribution in [1.29, 1.82) is 0 Å². The number of alkyl carbamates (subject to hydrolysis) is 1. The Hall–Kier alpha value is -4.68. The number of carbonyl (C=O) groups excluding carboxylic acids is 2. The topological polar surface area (TPSA) is 133 Å². The van der Waals surface area contributed by atoms with E-state index in [1.165, 1.54) is 23.9 Å². The molecule has 182 valence electrons. The molecule has 0 aliphatic carbocycles. The van der Waals surface area contributed by atoms with Gasteiger partial charge < -0.3 is 20.1 Å². The molecule has 0 saturated carbocycles. The zero-order valence-corrected chi connectivity index (χ0v) is 18.7. The molecule has 2 N–H and O–H groups in total. The van der Waals surface area contributed by atoms with Gasteiger partial charge >= 0.3 is 6.09 Å². The number of hydrogen-bond donors (Lipinski definition) is 2. The molecule has 3 aromatic heterocycles. The second-order valence-corrected chi connectivity index (χ2v) is 8.27. The Morgan fingerprint density at radius 1 is 1.31 bits per heavy atom. The molecule has 0 unspecified atom stereocenters. The van der Waals surface area contributed by atoms with Gasteiger partial charge in [-0.15, -0.1) is 0 Å². The van der Waals surface area contributed by atoms with Crippen LogP contribution in [0, 0.1) is 11.6 Å². The number of carbonyl (C=O) groups is 2. The number of rotatable bonds is 4. The number of aromatic nitrogens is 5. The molecule has 4 aromatic rings. The molecule has 2 aliphatic heterocycles. The second-order valence-electron chi connectivity index (χ2n) is 8.27. The number of pyridine rings is 1. The first-order valence-corrected chi connectivity index (χ1v) is 10.9. The molecule has 13 heteroatoms. The highest BCUT2D eigenvalue weighted by atomic mass is 19.1. The van der Waals surface area contributed by atoms with Gasteiger partial charge in [-0.3, -0.25) is 4.79 Å². The average Bonchev–Trinajstić information content (AvgIpc) is 3.35. The lowest BCUT2D eigenvalue weighted by Crippen LogP contribution is -2.53. The van der Waals surface area contributed by atoms with Gasteiger partial charge in [0.1, 0.15) is 23.1 Å². The number of halogens is 2. The van der Waals surface area contributed by atoms with Crippen LogP contribution in [0.3, 0.4) is 0 Å². The number of amides is 2. The predicted molar refractivity (Wildman–Crippen MR) is 120 cm³/mol. The summed E-state index contributed by atoms with van der Waals surface area (Å²) in [6, 6.07) is 7.44. The van der Waals surface area contributed by atoms with E-state index >= 15 is 0 Å². The minimum Gasteiger partial charge on any atom is -0.477 e. The highest BCUT2D eigenvalue weighted by Gasteiger charge is 2.54. The van der Waals surface area contributed by atoms with Crippen molar-refractivity contribution < 1.29 is 27.8 Å². The lowest BCUT2D eigenvalue weighted by Gasteiger charge is -2.31. The number of nitrogens with zero attached hydrogens (tertiary/aromatic N) is 5. The smallest absolute Gasteiger partial charge is 0.407 e. The zero-order chi connectivity index (χ0) is 25.0. The lowest BCUT2D eigenvalue weighted by atomic mass is 9.88. The van der Waals surface area contributed by atoms with Crippen LogP contribution < -0.4 is 15.4 Å². The normalized spacial score (nSPS) is 17.9. The molecule has 1 atom stereocenters. The summed E-state index contributed by atoms with van der Waals surface area (Å²) in [6.07, 6.45) is 0.385. The molecule has 0 radical (unpaired) electrons. The van der Waals surface area contributed by atoms with Crippen LogP contribution in [0.25, 0.3) is 22.6 Å². The minimum absolute atomic E-state index is 0.0268. The van der Waals surface area contributed by atoms with Gasteiger partial charge in [0.05, 0.1) is 37.4 Å². The Labute approximate surface area is 201 Å². The minimum atomic E-state index is -1.45. The van der Waals surface area contributed by atoms with Crippen molar-refractivity contribution in [3.8, 4) is 17.4 Å². The van der Waals surface area contributed by atoms with Gasteiger partial charge in [-0.25, -0.2) is 28.2 Å². The predicted octanol–water partition coefficient (Wildman–Crippen LogP) is 2.50. The molecule has 6 rings (SSSR count). The maximum absolute atomic E-state index is 14.3. The first-order valence-electron chi connectivity index (χ1n) is 10.9. The Morgan fingerprint density at radius 3 is 2.94 bits per heavy atom. The summed E-state index contributed by atoms with van der Waals surface area (Å²) in [6.45, 7) is 0.109. The van der Waals surface area contributed by atoms with Crippen LogP contribution in [0.2, 0.25) is 0 Å². The van der Waals surface area contributed by atoms with E-state index in [-0.39, 0.29) is 53.7 Å². The lowest BCUT2D eigenvalue weighted by molar-refractivity contribution is -0.122. The van der Waals surface area contributed by atoms with Crippen LogP contribution in [0.5, 0.6) is 5.88 Å². The molecule has 2 amide bonds. The summed E-state index contributed by atoms with van der Waals surface area (Å²) in [7, 11) is 1.19. The van der Waals surface area contributed by atoms with Gasteiger partial charge in [-0.05, 0) is 12.1 Å². The fraction of sp³-hybridized carbons (Fsp3) is 0.217. The van der Waals surface area contributed by atoms with Crippen LogP contribution >= 0.6 is 0 Å². The van der Waals surface area contributed by atoms with Gasteiger partial charge in [-0.2, -0.15) is 10.1 Å². The second kappa shape index (κ2) is 7.93. The fourth-order valence-corrected chi connectivity index (χ4v) is 4.50. The first kappa shape index (κ1) is 21.8. The van der Waals surface area contributed by atoms with Gasteiger partial charge in [0.15, 0.2) is 17.0 Å². The Kier molecular flexibility index (Phi) is 4.81. The van der Waals surface area contributed by atoms with E-state index in [4.69, 9.17) is 4.74 Å². The number of fused-ring (bicyclic) bond motifs is 1. The Morgan fingerprint density at radius 2 is 2.14 bits per heavy atom. The summed E-state index contributed by atoms with van der Waals surface area (Å²) >= 11 is 0. The maximum atomic E-state index is 14.3. The van der Waals surface area contributed by atoms with Crippen molar-refractivity contribution >= 4 is 28.9 Å². The molecule has 5 heterocycles. The number of methoxy groups -OCH3 is 1. The van der Waals surface area contributed by atoms with Crippen LogP contribution in [-0.2, 0) is 21.6 Å². The van der Waals surface area contributed by atoms with Gasteiger partial charge in [0.2, 0.25) is 5.88 Å². The van der Waals surface area contributed by atoms with Gasteiger partial charge in [0, 0.05) is 12.0 Å². The van der Waals surface area contributed by atoms with Crippen molar-refractivity contribution in [2.24, 2.45) is 0 Å². The SMILES string of the molecule is COC(=O)N[C@@]12CCOc3nc(-c4nn(Cc5ccccc5F)c5ncc(F)cc45)nc(c31)NC2=O. The molecular weight excluding hydrogens is 476 g/mol. The molecule has 11 nitrogen and oxygen atoms in total. The zero-order valence-electron chi connectivity index (χ0n) is 18.7. The number of hydrogen-bond acceptors (Lipinski definition) is 8. The number of benzene rings is 1. The molecule has 36 heavy (non-hydrogen) atoms. The van der Waals surface area contributed by atoms with Crippen molar-refractivity contribution in [2.45, 2.75) is 18.5 Å². The molecule has 0 spiro atoms. The van der Waals surface area contributed by atoms with Gasteiger partial charge in [0.25, 0.3) is 5.91 Å². The largest absolute Gasteiger partial charge is 0.477 e. The first-order chi connectivity index (χ1) is 17.4. The highest BCUT2D eigenvalue weighted by Crippen LogP contribution is 2.46. The molecule has 1 aromatic carbocycles. The molecular formula is C23H17F2N7O4. The quantitative estimate of drug-likeness (QED) is 0.443. The van der Waals surface area contributed by atoms with Crippen LogP contribution in [0.15, 0.2) is 36.5 Å². The third-order valence-corrected chi connectivity index (χ3v) is 6.18. The van der Waals surface area contributed by atoms with Crippen LogP contribution in [0.1, 0.15) is 17.5 Å². The van der Waals surface area contributed by atoms with Crippen molar-refractivity contribution in [3.05, 3.63) is 59.3 Å². The van der Waals surface area contributed by atoms with E-state index in [1.54, 1.807) is 18.2 Å². The summed E-state index contributed by atoms with van der Waals surface area (Å²) < 4.78 is 40.3. The number of nitrogens with one attached hydrogen (secondary N) is 2. The fourth-order valence-electron chi connectivity index (χ4n) is 4.50. The highest BCUT2D eigenvalue weighted by molar-refractivity contribution is 6.07. The van der Waals surface area contributed by atoms with Crippen LogP contribution in [-0.4, -0.2) is 50.4 Å². The van der Waals surface area contributed by atoms with E-state index in [1.807, 2.05) is 0 Å². The summed E-state index contributed by atoms with van der Waals surface area (Å²) in [5.41, 5.74) is -0.367. The third kappa shape index (κ3) is 3.23. The summed E-state index contributed by atoms with van der Waals surface area (Å²) in [4.78, 5) is 38.0. The van der Waals surface area contributed by atoms with Crippen LogP contribution in [0.4, 0.5) is 19.4 Å². The van der Waals surface area contributed by atoms with Gasteiger partial charge in [-0.1, -0.05) is 18.2 Å². The molecule has 2 aliphatic rings. The third-order valence-electron chi connectivity index (χ3n) is 6.18. The van der Waals surface area contributed by atoms with E-state index in [0.717, 1.165) is 6.20 Å². The van der Waals surface area contributed by atoms with E-state index in [2.05, 4.69) is 35.4 Å². The van der Waals surface area contributed by atoms with Crippen molar-refractivity contribution in [2.75, 3.05) is 19.0 Å². The molecule has 0 fully saturated rings. The molecule has 0 bridgehead atoms. The maximum Gasteiger partial charge on any atom is 0.407 e. The standard InChI is InChI=1S/C23H17F2N7O4/c1-35-22(34)30-23-6-7-36-20-15(23)17(29-21(23)33)27-18(28-20)16-13-8-12(24)9-26-19(13)32(31-16)10-11-4-2-3-5-14(11)25/h2-5,8-9H,6-7,10H2,1H3,(H,30,34)(H,27,28,29,33)/t23-/m0/s1. The molecule has 0 saturated heterocycles. The monoisotopic (exact) mass is 493 g/mol. The van der Waals surface area contributed by atoms with E-state index in [0.29, 0.717) is 11.2 Å². The van der Waals surface area contributed by atoms with Crippen molar-refractivity contribution in [3.63, 3.8) is 0 Å².